The monoisotopic (exact) mass is 402 g/mol. The van der Waals surface area contributed by atoms with Crippen LogP contribution in [0.25, 0.3) is 0 Å². The van der Waals surface area contributed by atoms with Crippen molar-refractivity contribution in [3.8, 4) is 5.75 Å². The molecular weight excluding hydrogens is 383 g/mol. The van der Waals surface area contributed by atoms with E-state index in [1.165, 1.54) is 12.1 Å². The van der Waals surface area contributed by atoms with Crippen molar-refractivity contribution in [3.05, 3.63) is 28.2 Å². The van der Waals surface area contributed by atoms with E-state index < -0.39 is 31.1 Å². The number of ether oxygens (including phenoxy) is 2. The lowest BCUT2D eigenvalue weighted by Crippen LogP contribution is -2.46. The molecule has 0 saturated heterocycles. The Bertz CT molecular complexity index is 663. The highest BCUT2D eigenvalue weighted by Gasteiger charge is 2.17. The van der Waals surface area contributed by atoms with E-state index in [0.717, 1.165) is 32.1 Å². The first-order chi connectivity index (χ1) is 12.4. The maximum absolute atomic E-state index is 11.7. The second-order valence-corrected chi connectivity index (χ2v) is 6.72. The van der Waals surface area contributed by atoms with Crippen molar-refractivity contribution in [2.24, 2.45) is 0 Å². The Balaban J connectivity index is 1.64. The summed E-state index contributed by atoms with van der Waals surface area (Å²) < 4.78 is 9.95. The zero-order valence-corrected chi connectivity index (χ0v) is 15.6. The average Bonchev–Trinajstić information content (AvgIpc) is 2.60. The van der Waals surface area contributed by atoms with Gasteiger partial charge in [-0.1, -0.05) is 42.5 Å². The minimum Gasteiger partial charge on any atom is -0.480 e. The van der Waals surface area contributed by atoms with Gasteiger partial charge in [0, 0.05) is 11.1 Å². The van der Waals surface area contributed by atoms with E-state index in [0.29, 0.717) is 5.02 Å². The second-order valence-electron chi connectivity index (χ2n) is 5.88. The van der Waals surface area contributed by atoms with E-state index in [1.54, 1.807) is 6.07 Å². The molecule has 0 aromatic heterocycles. The Hall–Kier alpha value is -1.99. The van der Waals surface area contributed by atoms with Gasteiger partial charge in [0.05, 0.1) is 5.02 Å². The van der Waals surface area contributed by atoms with Crippen LogP contribution in [0.15, 0.2) is 18.2 Å². The summed E-state index contributed by atoms with van der Waals surface area (Å²) in [5, 5.41) is 5.55. The number of carbonyl (C=O) groups is 3. The van der Waals surface area contributed by atoms with Gasteiger partial charge in [-0.05, 0) is 31.0 Å². The first-order valence-corrected chi connectivity index (χ1v) is 9.03. The molecule has 26 heavy (non-hydrogen) atoms. The van der Waals surface area contributed by atoms with Crippen LogP contribution in [-0.2, 0) is 14.3 Å². The number of carbonyl (C=O) groups excluding carboxylic acids is 3. The largest absolute Gasteiger partial charge is 0.480 e. The number of urea groups is 1. The minimum absolute atomic E-state index is 0.0802. The molecule has 9 heteroatoms. The molecule has 2 rings (SSSR count). The molecule has 1 saturated carbocycles. The molecule has 2 N–H and O–H groups in total. The molecule has 0 aliphatic heterocycles. The smallest absolute Gasteiger partial charge is 0.344 e. The van der Waals surface area contributed by atoms with Crippen molar-refractivity contribution in [2.45, 2.75) is 38.1 Å². The Labute approximate surface area is 161 Å². The van der Waals surface area contributed by atoms with Gasteiger partial charge in [0.2, 0.25) is 0 Å². The third kappa shape index (κ3) is 7.09. The van der Waals surface area contributed by atoms with Gasteiger partial charge in [0.25, 0.3) is 5.91 Å². The van der Waals surface area contributed by atoms with Crippen molar-refractivity contribution >= 4 is 41.1 Å². The third-order valence-electron chi connectivity index (χ3n) is 3.80. The van der Waals surface area contributed by atoms with E-state index in [1.807, 2.05) is 0 Å². The van der Waals surface area contributed by atoms with Gasteiger partial charge in [-0.3, -0.25) is 10.1 Å². The molecule has 1 aromatic carbocycles. The molecule has 1 aliphatic rings. The Kier molecular flexibility index (Phi) is 8.00. The van der Waals surface area contributed by atoms with Crippen LogP contribution in [0.4, 0.5) is 4.79 Å². The summed E-state index contributed by atoms with van der Waals surface area (Å²) in [5.74, 6) is -1.21. The first kappa shape index (κ1) is 20.3. The number of nitrogens with one attached hydrogen (secondary N) is 2. The highest BCUT2D eigenvalue weighted by molar-refractivity contribution is 6.35. The molecule has 142 valence electrons. The molecule has 1 fully saturated rings. The van der Waals surface area contributed by atoms with Crippen molar-refractivity contribution in [3.63, 3.8) is 0 Å². The Morgan fingerprint density at radius 3 is 2.50 bits per heavy atom. The third-order valence-corrected chi connectivity index (χ3v) is 4.33. The van der Waals surface area contributed by atoms with Gasteiger partial charge in [-0.25, -0.2) is 9.59 Å². The van der Waals surface area contributed by atoms with Gasteiger partial charge < -0.3 is 14.8 Å². The van der Waals surface area contributed by atoms with Gasteiger partial charge >= 0.3 is 12.0 Å². The van der Waals surface area contributed by atoms with E-state index in [4.69, 9.17) is 32.7 Å². The molecule has 0 spiro atoms. The van der Waals surface area contributed by atoms with Gasteiger partial charge in [-0.15, -0.1) is 0 Å². The maximum atomic E-state index is 11.7. The normalized spacial score (nSPS) is 14.4. The summed E-state index contributed by atoms with van der Waals surface area (Å²) in [6.45, 7) is -1.00. The summed E-state index contributed by atoms with van der Waals surface area (Å²) in [7, 11) is 0. The Morgan fingerprint density at radius 1 is 1.08 bits per heavy atom. The van der Waals surface area contributed by atoms with Crippen LogP contribution in [0.3, 0.4) is 0 Å². The number of rotatable bonds is 6. The van der Waals surface area contributed by atoms with Crippen molar-refractivity contribution < 1.29 is 23.9 Å². The zero-order valence-electron chi connectivity index (χ0n) is 14.1. The highest BCUT2D eigenvalue weighted by Crippen LogP contribution is 2.27. The van der Waals surface area contributed by atoms with Gasteiger partial charge in [0.15, 0.2) is 13.2 Å². The van der Waals surface area contributed by atoms with Gasteiger partial charge in [-0.2, -0.15) is 0 Å². The van der Waals surface area contributed by atoms with E-state index in [-0.39, 0.29) is 16.8 Å². The molecule has 0 radical (unpaired) electrons. The van der Waals surface area contributed by atoms with Crippen LogP contribution in [0, 0.1) is 0 Å². The second kappa shape index (κ2) is 10.2. The maximum Gasteiger partial charge on any atom is 0.344 e. The molecular formula is C17H20Cl2N2O5. The van der Waals surface area contributed by atoms with Crippen LogP contribution in [0.5, 0.6) is 5.75 Å². The fourth-order valence-corrected chi connectivity index (χ4v) is 3.01. The molecule has 0 unspecified atom stereocenters. The predicted octanol–water partition coefficient (Wildman–Crippen LogP) is 3.07. The number of benzene rings is 1. The molecule has 0 bridgehead atoms. The molecule has 7 nitrogen and oxygen atoms in total. The molecule has 1 aliphatic carbocycles. The Morgan fingerprint density at radius 2 is 1.81 bits per heavy atom. The van der Waals surface area contributed by atoms with Crippen molar-refractivity contribution in [1.82, 2.24) is 10.6 Å². The lowest BCUT2D eigenvalue weighted by atomic mass is 9.96. The first-order valence-electron chi connectivity index (χ1n) is 8.28. The summed E-state index contributed by atoms with van der Waals surface area (Å²) in [5.41, 5.74) is 0. The van der Waals surface area contributed by atoms with Crippen LogP contribution < -0.4 is 15.4 Å². The fourth-order valence-electron chi connectivity index (χ4n) is 2.55. The predicted molar refractivity (Wildman–Crippen MR) is 96.5 cm³/mol. The molecule has 1 aromatic rings. The summed E-state index contributed by atoms with van der Waals surface area (Å²) in [6.07, 6.45) is 5.10. The average molecular weight is 403 g/mol. The van der Waals surface area contributed by atoms with E-state index in [9.17, 15) is 14.4 Å². The number of hydrogen-bond donors (Lipinski definition) is 2. The molecule has 0 heterocycles. The van der Waals surface area contributed by atoms with Crippen LogP contribution in [0.1, 0.15) is 32.1 Å². The number of esters is 1. The number of hydrogen-bond acceptors (Lipinski definition) is 5. The van der Waals surface area contributed by atoms with Crippen molar-refractivity contribution in [2.75, 3.05) is 13.2 Å². The number of amides is 3. The van der Waals surface area contributed by atoms with E-state index >= 15 is 0 Å². The van der Waals surface area contributed by atoms with Crippen LogP contribution in [0.2, 0.25) is 10.0 Å². The van der Waals surface area contributed by atoms with Gasteiger partial charge in [0.1, 0.15) is 5.75 Å². The van der Waals surface area contributed by atoms with Crippen LogP contribution >= 0.6 is 23.2 Å². The summed E-state index contributed by atoms with van der Waals surface area (Å²) in [6, 6.07) is 4.05. The van der Waals surface area contributed by atoms with E-state index in [2.05, 4.69) is 10.6 Å². The van der Waals surface area contributed by atoms with Crippen LogP contribution in [-0.4, -0.2) is 37.2 Å². The SMILES string of the molecule is O=C(COC(=O)COc1ccc(Cl)cc1Cl)NC(=O)NC1CCCCC1. The highest BCUT2D eigenvalue weighted by atomic mass is 35.5. The fraction of sp³-hybridized carbons (Fsp3) is 0.471. The summed E-state index contributed by atoms with van der Waals surface area (Å²) in [4.78, 5) is 35.0. The summed E-state index contributed by atoms with van der Waals surface area (Å²) >= 11 is 11.7. The van der Waals surface area contributed by atoms with Crippen molar-refractivity contribution in [1.29, 1.82) is 0 Å². The zero-order chi connectivity index (χ0) is 18.9. The minimum atomic E-state index is -0.765. The quantitative estimate of drug-likeness (QED) is 0.712. The number of halogens is 2. The standard InChI is InChI=1S/C17H20Cl2N2O5/c18-11-6-7-14(13(19)8-11)25-10-16(23)26-9-15(22)21-17(24)20-12-4-2-1-3-5-12/h6-8,12H,1-5,9-10H2,(H2,20,21,22,24). The molecule has 3 amide bonds. The molecule has 0 atom stereocenters. The lowest BCUT2D eigenvalue weighted by Gasteiger charge is -2.22. The topological polar surface area (TPSA) is 93.7 Å². The number of imide groups is 1. The lowest BCUT2D eigenvalue weighted by molar-refractivity contribution is -0.150.